The molecule has 2 heterocycles. The largest absolute Gasteiger partial charge is 0.385 e. The highest BCUT2D eigenvalue weighted by Gasteiger charge is 2.32. The Morgan fingerprint density at radius 2 is 1.88 bits per heavy atom. The summed E-state index contributed by atoms with van der Waals surface area (Å²) in [5.74, 6) is -0.261. The molecule has 1 fully saturated rings. The van der Waals surface area contributed by atoms with E-state index in [0.717, 1.165) is 50.3 Å². The van der Waals surface area contributed by atoms with Gasteiger partial charge in [-0.2, -0.15) is 5.10 Å². The van der Waals surface area contributed by atoms with E-state index >= 15 is 0 Å². The molecule has 0 bridgehead atoms. The Hall–Kier alpha value is -1.72. The highest BCUT2D eigenvalue weighted by Crippen LogP contribution is 2.33. The molecule has 1 aliphatic rings. The van der Waals surface area contributed by atoms with E-state index in [1.807, 2.05) is 0 Å². The number of aryl methyl sites for hydroxylation is 2. The van der Waals surface area contributed by atoms with E-state index in [1.54, 1.807) is 12.1 Å². The fourth-order valence-electron chi connectivity index (χ4n) is 4.00. The SMILES string of the molecule is CCCn1nc(C)c(CN2CCCC(O)(c3ccc(F)cc3)CC2)c1C. The van der Waals surface area contributed by atoms with Gasteiger partial charge < -0.3 is 5.11 Å². The van der Waals surface area contributed by atoms with Crippen molar-refractivity contribution >= 4 is 0 Å². The number of hydrogen-bond donors (Lipinski definition) is 1. The maximum Gasteiger partial charge on any atom is 0.123 e. The van der Waals surface area contributed by atoms with Crippen LogP contribution in [0, 0.1) is 19.7 Å². The van der Waals surface area contributed by atoms with Crippen LogP contribution in [-0.4, -0.2) is 32.9 Å². The zero-order chi connectivity index (χ0) is 18.7. The fraction of sp³-hybridized carbons (Fsp3) is 0.571. The molecule has 0 saturated carbocycles. The van der Waals surface area contributed by atoms with Gasteiger partial charge in [-0.1, -0.05) is 19.1 Å². The van der Waals surface area contributed by atoms with Crippen molar-refractivity contribution in [2.24, 2.45) is 0 Å². The van der Waals surface area contributed by atoms with Gasteiger partial charge in [0, 0.05) is 30.9 Å². The van der Waals surface area contributed by atoms with Gasteiger partial charge in [-0.3, -0.25) is 9.58 Å². The third kappa shape index (κ3) is 3.99. The second-order valence-corrected chi connectivity index (χ2v) is 7.54. The molecule has 5 heteroatoms. The molecule has 0 radical (unpaired) electrons. The zero-order valence-electron chi connectivity index (χ0n) is 16.1. The van der Waals surface area contributed by atoms with Crippen molar-refractivity contribution in [3.63, 3.8) is 0 Å². The Bertz CT molecular complexity index is 740. The maximum atomic E-state index is 13.2. The summed E-state index contributed by atoms with van der Waals surface area (Å²) in [7, 11) is 0. The van der Waals surface area contributed by atoms with Gasteiger partial charge >= 0.3 is 0 Å². The van der Waals surface area contributed by atoms with Crippen LogP contribution in [0.15, 0.2) is 24.3 Å². The Morgan fingerprint density at radius 3 is 2.58 bits per heavy atom. The first-order chi connectivity index (χ1) is 12.4. The Balaban J connectivity index is 1.70. The third-order valence-corrected chi connectivity index (χ3v) is 5.64. The van der Waals surface area contributed by atoms with E-state index in [9.17, 15) is 9.50 Å². The maximum absolute atomic E-state index is 13.2. The molecule has 1 aromatic heterocycles. The summed E-state index contributed by atoms with van der Waals surface area (Å²) in [4.78, 5) is 2.41. The second kappa shape index (κ2) is 7.89. The summed E-state index contributed by atoms with van der Waals surface area (Å²) in [6.07, 6.45) is 3.38. The fourth-order valence-corrected chi connectivity index (χ4v) is 4.00. The van der Waals surface area contributed by atoms with Gasteiger partial charge in [0.15, 0.2) is 0 Å². The molecule has 1 atom stereocenters. The van der Waals surface area contributed by atoms with E-state index in [4.69, 9.17) is 0 Å². The number of aliphatic hydroxyl groups is 1. The molecule has 0 aliphatic carbocycles. The molecule has 0 amide bonds. The van der Waals surface area contributed by atoms with Gasteiger partial charge in [-0.05, 0) is 63.8 Å². The molecular formula is C21H30FN3O. The topological polar surface area (TPSA) is 41.3 Å². The zero-order valence-corrected chi connectivity index (χ0v) is 16.1. The lowest BCUT2D eigenvalue weighted by Crippen LogP contribution is -2.29. The average molecular weight is 359 g/mol. The third-order valence-electron chi connectivity index (χ3n) is 5.64. The molecular weight excluding hydrogens is 329 g/mol. The van der Waals surface area contributed by atoms with Gasteiger partial charge in [-0.15, -0.1) is 0 Å². The van der Waals surface area contributed by atoms with E-state index in [2.05, 4.69) is 35.5 Å². The summed E-state index contributed by atoms with van der Waals surface area (Å²) in [6.45, 7) is 10.0. The lowest BCUT2D eigenvalue weighted by atomic mass is 9.87. The average Bonchev–Trinajstić information content (AvgIpc) is 2.77. The van der Waals surface area contributed by atoms with Crippen molar-refractivity contribution in [3.8, 4) is 0 Å². The highest BCUT2D eigenvalue weighted by molar-refractivity contribution is 5.25. The monoisotopic (exact) mass is 359 g/mol. The standard InChI is InChI=1S/C21H30FN3O/c1-4-12-25-17(3)20(16(2)23-25)15-24-13-5-10-21(26,11-14-24)18-6-8-19(22)9-7-18/h6-9,26H,4-5,10-15H2,1-3H3. The molecule has 1 aromatic carbocycles. The number of hydrogen-bond acceptors (Lipinski definition) is 3. The number of rotatable bonds is 5. The van der Waals surface area contributed by atoms with Crippen molar-refractivity contribution in [2.75, 3.05) is 13.1 Å². The number of halogens is 1. The minimum Gasteiger partial charge on any atom is -0.385 e. The van der Waals surface area contributed by atoms with Crippen LogP contribution in [0.5, 0.6) is 0 Å². The van der Waals surface area contributed by atoms with Crippen LogP contribution in [0.4, 0.5) is 4.39 Å². The van der Waals surface area contributed by atoms with Crippen LogP contribution in [-0.2, 0) is 18.7 Å². The number of likely N-dealkylation sites (tertiary alicyclic amines) is 1. The van der Waals surface area contributed by atoms with Crippen LogP contribution in [0.3, 0.4) is 0 Å². The summed E-state index contributed by atoms with van der Waals surface area (Å²) in [5, 5.41) is 15.8. The summed E-state index contributed by atoms with van der Waals surface area (Å²) < 4.78 is 15.3. The smallest absolute Gasteiger partial charge is 0.123 e. The van der Waals surface area contributed by atoms with Crippen LogP contribution < -0.4 is 0 Å². The molecule has 26 heavy (non-hydrogen) atoms. The van der Waals surface area contributed by atoms with Crippen LogP contribution in [0.2, 0.25) is 0 Å². The molecule has 1 aliphatic heterocycles. The first kappa shape index (κ1) is 19.1. The van der Waals surface area contributed by atoms with Gasteiger partial charge in [0.1, 0.15) is 5.82 Å². The quantitative estimate of drug-likeness (QED) is 0.880. The predicted octanol–water partition coefficient (Wildman–Crippen LogP) is 3.92. The summed E-state index contributed by atoms with van der Waals surface area (Å²) in [5.41, 5.74) is 3.63. The minimum atomic E-state index is -0.862. The predicted molar refractivity (Wildman–Crippen MR) is 101 cm³/mol. The lowest BCUT2D eigenvalue weighted by Gasteiger charge is -2.27. The number of benzene rings is 1. The van der Waals surface area contributed by atoms with Crippen molar-refractivity contribution in [3.05, 3.63) is 52.6 Å². The van der Waals surface area contributed by atoms with Gasteiger partial charge in [0.2, 0.25) is 0 Å². The Labute approximate surface area is 155 Å². The molecule has 3 rings (SSSR count). The van der Waals surface area contributed by atoms with Crippen molar-refractivity contribution < 1.29 is 9.50 Å². The minimum absolute atomic E-state index is 0.261. The van der Waals surface area contributed by atoms with E-state index in [0.29, 0.717) is 12.8 Å². The molecule has 142 valence electrons. The summed E-state index contributed by atoms with van der Waals surface area (Å²) >= 11 is 0. The summed E-state index contributed by atoms with van der Waals surface area (Å²) in [6, 6.07) is 6.30. The number of nitrogens with zero attached hydrogens (tertiary/aromatic N) is 3. The Morgan fingerprint density at radius 1 is 1.15 bits per heavy atom. The first-order valence-electron chi connectivity index (χ1n) is 9.66. The van der Waals surface area contributed by atoms with E-state index in [-0.39, 0.29) is 5.82 Å². The van der Waals surface area contributed by atoms with Gasteiger partial charge in [0.25, 0.3) is 0 Å². The second-order valence-electron chi connectivity index (χ2n) is 7.54. The Kier molecular flexibility index (Phi) is 5.78. The molecule has 1 unspecified atom stereocenters. The molecule has 4 nitrogen and oxygen atoms in total. The van der Waals surface area contributed by atoms with Gasteiger partial charge in [0.05, 0.1) is 11.3 Å². The van der Waals surface area contributed by atoms with E-state index < -0.39 is 5.60 Å². The van der Waals surface area contributed by atoms with Crippen molar-refractivity contribution in [2.45, 2.75) is 65.1 Å². The molecule has 1 saturated heterocycles. The van der Waals surface area contributed by atoms with Gasteiger partial charge in [-0.25, -0.2) is 4.39 Å². The first-order valence-corrected chi connectivity index (χ1v) is 9.66. The van der Waals surface area contributed by atoms with Crippen LogP contribution in [0.1, 0.15) is 55.1 Å². The van der Waals surface area contributed by atoms with Crippen LogP contribution in [0.25, 0.3) is 0 Å². The number of aromatic nitrogens is 2. The van der Waals surface area contributed by atoms with Crippen LogP contribution >= 0.6 is 0 Å². The lowest BCUT2D eigenvalue weighted by molar-refractivity contribution is 0.0209. The highest BCUT2D eigenvalue weighted by atomic mass is 19.1. The van der Waals surface area contributed by atoms with Crippen molar-refractivity contribution in [1.29, 1.82) is 0 Å². The van der Waals surface area contributed by atoms with Crippen molar-refractivity contribution in [1.82, 2.24) is 14.7 Å². The molecule has 2 aromatic rings. The normalized spacial score (nSPS) is 21.7. The molecule has 0 spiro atoms. The van der Waals surface area contributed by atoms with E-state index in [1.165, 1.54) is 23.4 Å². The molecule has 1 N–H and O–H groups in total.